The van der Waals surface area contributed by atoms with Gasteiger partial charge in [0, 0.05) is 28.2 Å². The Kier molecular flexibility index (Phi) is 8.01. The number of hydrogen-bond acceptors (Lipinski definition) is 2. The van der Waals surface area contributed by atoms with E-state index in [0.29, 0.717) is 15.6 Å². The molecule has 0 spiro atoms. The monoisotopic (exact) mass is 460 g/mol. The predicted molar refractivity (Wildman–Crippen MR) is 126 cm³/mol. The Balaban J connectivity index is 1.86. The highest BCUT2D eigenvalue weighted by molar-refractivity contribution is 6.36. The molecule has 0 saturated heterocycles. The van der Waals surface area contributed by atoms with E-state index in [2.05, 4.69) is 5.32 Å². The number of halogens is 2. The number of carbonyl (C=O) groups is 2. The fraction of sp³-hybridized carbons (Fsp3) is 0.440. The second kappa shape index (κ2) is 10.5. The van der Waals surface area contributed by atoms with Crippen molar-refractivity contribution >= 4 is 35.0 Å². The zero-order valence-electron chi connectivity index (χ0n) is 18.4. The van der Waals surface area contributed by atoms with Crippen molar-refractivity contribution in [3.05, 3.63) is 68.7 Å². The molecule has 1 atom stereocenters. The summed E-state index contributed by atoms with van der Waals surface area (Å²) in [7, 11) is 0. The third-order valence-corrected chi connectivity index (χ3v) is 6.81. The number of hydrogen-bond donors (Lipinski definition) is 1. The third kappa shape index (κ3) is 6.02. The first kappa shape index (κ1) is 23.6. The third-order valence-electron chi connectivity index (χ3n) is 6.11. The van der Waals surface area contributed by atoms with Crippen LogP contribution in [0.3, 0.4) is 0 Å². The molecule has 6 heteroatoms. The molecule has 2 amide bonds. The van der Waals surface area contributed by atoms with Crippen molar-refractivity contribution in [2.45, 2.75) is 71.5 Å². The van der Waals surface area contributed by atoms with Gasteiger partial charge in [0.2, 0.25) is 11.8 Å². The maximum atomic E-state index is 13.4. The SMILES string of the molecule is Cc1ccc(C)c(CC(=O)N(Cc2c(Cl)cccc2Cl)C(C)C(=O)NC2CCCC2)c1. The van der Waals surface area contributed by atoms with Gasteiger partial charge in [-0.15, -0.1) is 0 Å². The Hall–Kier alpha value is -2.04. The minimum Gasteiger partial charge on any atom is -0.352 e. The topological polar surface area (TPSA) is 49.4 Å². The molecule has 0 heterocycles. The summed E-state index contributed by atoms with van der Waals surface area (Å²) in [6, 6.07) is 10.9. The second-order valence-corrected chi connectivity index (χ2v) is 9.31. The minimum absolute atomic E-state index is 0.126. The van der Waals surface area contributed by atoms with Gasteiger partial charge in [-0.3, -0.25) is 9.59 Å². The largest absolute Gasteiger partial charge is 0.352 e. The van der Waals surface area contributed by atoms with Crippen LogP contribution in [0.2, 0.25) is 10.0 Å². The lowest BCUT2D eigenvalue weighted by molar-refractivity contribution is -0.140. The van der Waals surface area contributed by atoms with Gasteiger partial charge in [-0.25, -0.2) is 0 Å². The lowest BCUT2D eigenvalue weighted by Crippen LogP contribution is -2.50. The van der Waals surface area contributed by atoms with Crippen molar-refractivity contribution in [1.82, 2.24) is 10.2 Å². The summed E-state index contributed by atoms with van der Waals surface area (Å²) >= 11 is 12.8. The molecule has 2 aromatic carbocycles. The molecule has 1 unspecified atom stereocenters. The summed E-state index contributed by atoms with van der Waals surface area (Å²) in [5.74, 6) is -0.261. The van der Waals surface area contributed by atoms with E-state index in [9.17, 15) is 9.59 Å². The first-order valence-corrected chi connectivity index (χ1v) is 11.6. The summed E-state index contributed by atoms with van der Waals surface area (Å²) < 4.78 is 0. The molecule has 31 heavy (non-hydrogen) atoms. The van der Waals surface area contributed by atoms with Crippen LogP contribution in [-0.2, 0) is 22.6 Å². The number of carbonyl (C=O) groups excluding carboxylic acids is 2. The summed E-state index contributed by atoms with van der Waals surface area (Å²) in [6.07, 6.45) is 4.46. The standard InChI is InChI=1S/C25H30Cl2N2O2/c1-16-11-12-17(2)19(13-16)14-24(30)29(15-21-22(26)9-6-10-23(21)27)18(3)25(31)28-20-7-4-5-8-20/h6,9-13,18,20H,4-5,7-8,14-15H2,1-3H3,(H,28,31). The van der Waals surface area contributed by atoms with Crippen LogP contribution in [-0.4, -0.2) is 28.8 Å². The summed E-state index contributed by atoms with van der Waals surface area (Å²) in [4.78, 5) is 28.0. The van der Waals surface area contributed by atoms with Gasteiger partial charge >= 0.3 is 0 Å². The normalized spacial score (nSPS) is 15.0. The lowest BCUT2D eigenvalue weighted by atomic mass is 10.0. The molecule has 3 rings (SSSR count). The van der Waals surface area contributed by atoms with Gasteiger partial charge in [-0.05, 0) is 56.9 Å². The summed E-state index contributed by atoms with van der Waals surface area (Å²) in [6.45, 7) is 5.96. The minimum atomic E-state index is -0.634. The predicted octanol–water partition coefficient (Wildman–Crippen LogP) is 5.63. The summed E-state index contributed by atoms with van der Waals surface area (Å²) in [5.41, 5.74) is 3.77. The van der Waals surface area contributed by atoms with Gasteiger partial charge < -0.3 is 10.2 Å². The molecule has 1 saturated carbocycles. The quantitative estimate of drug-likeness (QED) is 0.581. The molecule has 0 radical (unpaired) electrons. The second-order valence-electron chi connectivity index (χ2n) is 8.49. The average Bonchev–Trinajstić information content (AvgIpc) is 3.23. The number of nitrogens with zero attached hydrogens (tertiary/aromatic N) is 1. The maximum absolute atomic E-state index is 13.4. The highest BCUT2D eigenvalue weighted by atomic mass is 35.5. The van der Waals surface area contributed by atoms with Gasteiger partial charge in [0.1, 0.15) is 6.04 Å². The molecule has 0 bridgehead atoms. The van der Waals surface area contributed by atoms with E-state index < -0.39 is 6.04 Å². The summed E-state index contributed by atoms with van der Waals surface area (Å²) in [5, 5.41) is 4.09. The number of nitrogens with one attached hydrogen (secondary N) is 1. The van der Waals surface area contributed by atoms with Gasteiger partial charge in [0.25, 0.3) is 0 Å². The first-order valence-electron chi connectivity index (χ1n) is 10.8. The fourth-order valence-corrected chi connectivity index (χ4v) is 4.60. The van der Waals surface area contributed by atoms with Crippen molar-refractivity contribution in [2.24, 2.45) is 0 Å². The van der Waals surface area contributed by atoms with Gasteiger partial charge in [-0.2, -0.15) is 0 Å². The van der Waals surface area contributed by atoms with E-state index in [1.807, 2.05) is 32.0 Å². The molecule has 1 fully saturated rings. The van der Waals surface area contributed by atoms with Crippen LogP contribution in [0.4, 0.5) is 0 Å². The van der Waals surface area contributed by atoms with Crippen molar-refractivity contribution in [1.29, 1.82) is 0 Å². The van der Waals surface area contributed by atoms with Gasteiger partial charge in [0.05, 0.1) is 6.42 Å². The van der Waals surface area contributed by atoms with Crippen molar-refractivity contribution < 1.29 is 9.59 Å². The van der Waals surface area contributed by atoms with Crippen molar-refractivity contribution in [2.75, 3.05) is 0 Å². The molecule has 1 N–H and O–H groups in total. The molecule has 4 nitrogen and oxygen atoms in total. The molecule has 1 aliphatic carbocycles. The Morgan fingerprint density at radius 1 is 1.10 bits per heavy atom. The number of amides is 2. The van der Waals surface area contributed by atoms with Crippen LogP contribution in [0.5, 0.6) is 0 Å². The maximum Gasteiger partial charge on any atom is 0.242 e. The number of aryl methyl sites for hydroxylation is 2. The Labute approximate surface area is 194 Å². The average molecular weight is 461 g/mol. The molecule has 0 aromatic heterocycles. The van der Waals surface area contributed by atoms with E-state index in [1.54, 1.807) is 30.0 Å². The molecular weight excluding hydrogens is 431 g/mol. The van der Waals surface area contributed by atoms with E-state index >= 15 is 0 Å². The van der Waals surface area contributed by atoms with Crippen LogP contribution in [0, 0.1) is 13.8 Å². The van der Waals surface area contributed by atoms with Gasteiger partial charge in [0.15, 0.2) is 0 Å². The number of rotatable bonds is 7. The van der Waals surface area contributed by atoms with E-state index in [1.165, 1.54) is 0 Å². The zero-order valence-corrected chi connectivity index (χ0v) is 19.9. The van der Waals surface area contributed by atoms with Crippen LogP contribution in [0.25, 0.3) is 0 Å². The highest BCUT2D eigenvalue weighted by Crippen LogP contribution is 2.27. The van der Waals surface area contributed by atoms with Crippen LogP contribution >= 0.6 is 23.2 Å². The van der Waals surface area contributed by atoms with Gasteiger partial charge in [-0.1, -0.05) is 65.9 Å². The first-order chi connectivity index (χ1) is 14.8. The highest BCUT2D eigenvalue weighted by Gasteiger charge is 2.29. The Bertz CT molecular complexity index is 934. The van der Waals surface area contributed by atoms with E-state index in [4.69, 9.17) is 23.2 Å². The zero-order chi connectivity index (χ0) is 22.5. The van der Waals surface area contributed by atoms with Crippen molar-refractivity contribution in [3.63, 3.8) is 0 Å². The molecular formula is C25H30Cl2N2O2. The fourth-order valence-electron chi connectivity index (χ4n) is 4.08. The van der Waals surface area contributed by atoms with Crippen LogP contribution in [0.15, 0.2) is 36.4 Å². The smallest absolute Gasteiger partial charge is 0.242 e. The number of benzene rings is 2. The van der Waals surface area contributed by atoms with E-state index in [-0.39, 0.29) is 30.8 Å². The lowest BCUT2D eigenvalue weighted by Gasteiger charge is -2.30. The Morgan fingerprint density at radius 3 is 2.39 bits per heavy atom. The van der Waals surface area contributed by atoms with E-state index in [0.717, 1.165) is 42.4 Å². The molecule has 1 aliphatic rings. The van der Waals surface area contributed by atoms with Crippen molar-refractivity contribution in [3.8, 4) is 0 Å². The van der Waals surface area contributed by atoms with Crippen LogP contribution in [0.1, 0.15) is 54.9 Å². The molecule has 166 valence electrons. The Morgan fingerprint density at radius 2 is 1.74 bits per heavy atom. The van der Waals surface area contributed by atoms with Crippen LogP contribution < -0.4 is 5.32 Å². The molecule has 0 aliphatic heterocycles. The molecule has 2 aromatic rings.